The number of amides is 1. The number of thiazole rings is 1. The number of aryl methyl sites for hydroxylation is 2. The van der Waals surface area contributed by atoms with Gasteiger partial charge in [-0.1, -0.05) is 30.3 Å². The Hall–Kier alpha value is -2.21. The van der Waals surface area contributed by atoms with Crippen LogP contribution in [-0.4, -0.2) is 28.0 Å². The molecule has 110 valence electrons. The number of nitrogens with zero attached hydrogens (tertiary/aromatic N) is 1. The number of nitrogens with one attached hydrogen (secondary N) is 1. The third-order valence-corrected chi connectivity index (χ3v) is 4.07. The van der Waals surface area contributed by atoms with Gasteiger partial charge in [-0.25, -0.2) is 9.78 Å². The molecule has 1 heterocycles. The SMILES string of the molecule is Cc1nc(C)c(C(=O)N[C@H](Cc2ccccc2)C(=O)O)s1. The number of aromatic nitrogens is 1. The van der Waals surface area contributed by atoms with Crippen LogP contribution in [0.15, 0.2) is 30.3 Å². The van der Waals surface area contributed by atoms with Crippen molar-refractivity contribution in [2.24, 2.45) is 0 Å². The normalized spacial score (nSPS) is 11.9. The molecule has 2 rings (SSSR count). The smallest absolute Gasteiger partial charge is 0.326 e. The quantitative estimate of drug-likeness (QED) is 0.887. The minimum atomic E-state index is -1.05. The summed E-state index contributed by atoms with van der Waals surface area (Å²) in [5.74, 6) is -1.44. The summed E-state index contributed by atoms with van der Waals surface area (Å²) in [6.45, 7) is 3.55. The van der Waals surface area contributed by atoms with Gasteiger partial charge in [-0.3, -0.25) is 4.79 Å². The summed E-state index contributed by atoms with van der Waals surface area (Å²) in [5.41, 5.74) is 1.49. The maximum Gasteiger partial charge on any atom is 0.326 e. The molecule has 0 spiro atoms. The zero-order valence-electron chi connectivity index (χ0n) is 11.8. The monoisotopic (exact) mass is 304 g/mol. The van der Waals surface area contributed by atoms with E-state index in [1.54, 1.807) is 6.92 Å². The summed E-state index contributed by atoms with van der Waals surface area (Å²) in [6.07, 6.45) is 0.249. The highest BCUT2D eigenvalue weighted by atomic mass is 32.1. The van der Waals surface area contributed by atoms with Crippen molar-refractivity contribution in [2.45, 2.75) is 26.3 Å². The van der Waals surface area contributed by atoms with Crippen LogP contribution in [0.4, 0.5) is 0 Å². The lowest BCUT2D eigenvalue weighted by atomic mass is 10.1. The number of carbonyl (C=O) groups excluding carboxylic acids is 1. The number of carbonyl (C=O) groups is 2. The van der Waals surface area contributed by atoms with Crippen LogP contribution in [0.3, 0.4) is 0 Å². The number of benzene rings is 1. The summed E-state index contributed by atoms with van der Waals surface area (Å²) >= 11 is 1.27. The van der Waals surface area contributed by atoms with E-state index in [0.717, 1.165) is 10.6 Å². The molecule has 0 unspecified atom stereocenters. The molecule has 0 aliphatic rings. The van der Waals surface area contributed by atoms with Crippen LogP contribution in [0, 0.1) is 13.8 Å². The molecule has 6 heteroatoms. The Morgan fingerprint density at radius 3 is 2.48 bits per heavy atom. The minimum absolute atomic E-state index is 0.249. The number of aliphatic carboxylic acids is 1. The first-order valence-electron chi connectivity index (χ1n) is 6.49. The topological polar surface area (TPSA) is 79.3 Å². The highest BCUT2D eigenvalue weighted by Gasteiger charge is 2.23. The van der Waals surface area contributed by atoms with Gasteiger partial charge in [-0.05, 0) is 19.4 Å². The third-order valence-electron chi connectivity index (χ3n) is 3.00. The molecular formula is C15H16N2O3S. The molecule has 0 bridgehead atoms. The van der Waals surface area contributed by atoms with Crippen molar-refractivity contribution in [1.82, 2.24) is 10.3 Å². The van der Waals surface area contributed by atoms with Gasteiger partial charge >= 0.3 is 5.97 Å². The molecule has 1 atom stereocenters. The van der Waals surface area contributed by atoms with Gasteiger partial charge in [0.1, 0.15) is 10.9 Å². The summed E-state index contributed by atoms with van der Waals surface area (Å²) in [6, 6.07) is 8.26. The van der Waals surface area contributed by atoms with Crippen LogP contribution in [0.1, 0.15) is 25.9 Å². The molecule has 0 radical (unpaired) electrons. The van der Waals surface area contributed by atoms with Crippen LogP contribution in [0.2, 0.25) is 0 Å². The molecule has 0 fully saturated rings. The summed E-state index contributed by atoms with van der Waals surface area (Å²) < 4.78 is 0. The lowest BCUT2D eigenvalue weighted by Crippen LogP contribution is -2.42. The molecule has 2 aromatic rings. The minimum Gasteiger partial charge on any atom is -0.480 e. The van der Waals surface area contributed by atoms with Crippen molar-refractivity contribution in [3.63, 3.8) is 0 Å². The zero-order valence-corrected chi connectivity index (χ0v) is 12.6. The highest BCUT2D eigenvalue weighted by molar-refractivity contribution is 7.13. The second kappa shape index (κ2) is 6.49. The van der Waals surface area contributed by atoms with Crippen molar-refractivity contribution < 1.29 is 14.7 Å². The maximum atomic E-state index is 12.2. The molecule has 2 N–H and O–H groups in total. The van der Waals surface area contributed by atoms with E-state index in [9.17, 15) is 14.7 Å². The van der Waals surface area contributed by atoms with Crippen LogP contribution >= 0.6 is 11.3 Å². The fraction of sp³-hybridized carbons (Fsp3) is 0.267. The van der Waals surface area contributed by atoms with Crippen LogP contribution < -0.4 is 5.32 Å². The van der Waals surface area contributed by atoms with Crippen LogP contribution in [0.5, 0.6) is 0 Å². The molecule has 1 aromatic heterocycles. The van der Waals surface area contributed by atoms with E-state index >= 15 is 0 Å². The fourth-order valence-corrected chi connectivity index (χ4v) is 2.84. The van der Waals surface area contributed by atoms with E-state index < -0.39 is 12.0 Å². The van der Waals surface area contributed by atoms with E-state index in [2.05, 4.69) is 10.3 Å². The van der Waals surface area contributed by atoms with Crippen molar-refractivity contribution >= 4 is 23.2 Å². The Bertz CT molecular complexity index is 652. The standard InChI is InChI=1S/C15H16N2O3S/c1-9-13(21-10(2)16-9)14(18)17-12(15(19)20)8-11-6-4-3-5-7-11/h3-7,12H,8H2,1-2H3,(H,17,18)(H,19,20)/t12-/m1/s1. The number of carboxylic acid groups (broad SMARTS) is 1. The van der Waals surface area contributed by atoms with Crippen molar-refractivity contribution in [1.29, 1.82) is 0 Å². The Kier molecular flexibility index (Phi) is 4.70. The van der Waals surface area contributed by atoms with Gasteiger partial charge < -0.3 is 10.4 Å². The first-order chi connectivity index (χ1) is 9.97. The fourth-order valence-electron chi connectivity index (χ4n) is 2.02. The van der Waals surface area contributed by atoms with Crippen LogP contribution in [0.25, 0.3) is 0 Å². The van der Waals surface area contributed by atoms with Crippen molar-refractivity contribution in [3.05, 3.63) is 51.5 Å². The molecule has 5 nitrogen and oxygen atoms in total. The zero-order chi connectivity index (χ0) is 15.4. The van der Waals surface area contributed by atoms with Crippen LogP contribution in [-0.2, 0) is 11.2 Å². The van der Waals surface area contributed by atoms with Gasteiger partial charge in [0, 0.05) is 6.42 Å². The van der Waals surface area contributed by atoms with E-state index in [4.69, 9.17) is 0 Å². The Morgan fingerprint density at radius 2 is 1.95 bits per heavy atom. The number of hydrogen-bond donors (Lipinski definition) is 2. The maximum absolute atomic E-state index is 12.2. The molecule has 1 aromatic carbocycles. The van der Waals surface area contributed by atoms with Crippen molar-refractivity contribution in [2.75, 3.05) is 0 Å². The predicted molar refractivity (Wildman–Crippen MR) is 80.6 cm³/mol. The van der Waals surface area contributed by atoms with E-state index in [-0.39, 0.29) is 12.3 Å². The molecule has 1 amide bonds. The Morgan fingerprint density at radius 1 is 1.29 bits per heavy atom. The van der Waals surface area contributed by atoms with E-state index in [1.165, 1.54) is 11.3 Å². The first kappa shape index (κ1) is 15.2. The largest absolute Gasteiger partial charge is 0.480 e. The summed E-state index contributed by atoms with van der Waals surface area (Å²) in [5, 5.41) is 12.6. The lowest BCUT2D eigenvalue weighted by Gasteiger charge is -2.14. The Labute approximate surface area is 126 Å². The molecule has 21 heavy (non-hydrogen) atoms. The number of hydrogen-bond acceptors (Lipinski definition) is 4. The van der Waals surface area contributed by atoms with Gasteiger partial charge in [-0.15, -0.1) is 11.3 Å². The van der Waals surface area contributed by atoms with E-state index in [1.807, 2.05) is 37.3 Å². The molecular weight excluding hydrogens is 288 g/mol. The van der Waals surface area contributed by atoms with E-state index in [0.29, 0.717) is 10.6 Å². The third kappa shape index (κ3) is 3.88. The van der Waals surface area contributed by atoms with Crippen molar-refractivity contribution in [3.8, 4) is 0 Å². The van der Waals surface area contributed by atoms with Gasteiger partial charge in [-0.2, -0.15) is 0 Å². The predicted octanol–water partition coefficient (Wildman–Crippen LogP) is 2.19. The Balaban J connectivity index is 2.11. The average molecular weight is 304 g/mol. The number of rotatable bonds is 5. The summed E-state index contributed by atoms with van der Waals surface area (Å²) in [7, 11) is 0. The molecule has 0 saturated carbocycles. The van der Waals surface area contributed by atoms with Gasteiger partial charge in [0.2, 0.25) is 0 Å². The molecule has 0 saturated heterocycles. The van der Waals surface area contributed by atoms with Gasteiger partial charge in [0.05, 0.1) is 10.7 Å². The molecule has 0 aliphatic carbocycles. The second-order valence-corrected chi connectivity index (χ2v) is 5.90. The highest BCUT2D eigenvalue weighted by Crippen LogP contribution is 2.17. The first-order valence-corrected chi connectivity index (χ1v) is 7.30. The average Bonchev–Trinajstić information content (AvgIpc) is 2.78. The second-order valence-electron chi connectivity index (χ2n) is 4.70. The number of carboxylic acids is 1. The van der Waals surface area contributed by atoms with Gasteiger partial charge in [0.25, 0.3) is 5.91 Å². The molecule has 0 aliphatic heterocycles. The summed E-state index contributed by atoms with van der Waals surface area (Å²) in [4.78, 5) is 28.2. The van der Waals surface area contributed by atoms with Gasteiger partial charge in [0.15, 0.2) is 0 Å². The lowest BCUT2D eigenvalue weighted by molar-refractivity contribution is -0.139.